The van der Waals surface area contributed by atoms with Crippen LogP contribution in [0.4, 0.5) is 5.69 Å². The van der Waals surface area contributed by atoms with Gasteiger partial charge in [-0.2, -0.15) is 5.26 Å². The number of benzene rings is 2. The molecular weight excluding hydrogens is 618 g/mol. The molecule has 0 unspecified atom stereocenters. The topological polar surface area (TPSA) is 113 Å². The van der Waals surface area contributed by atoms with Crippen LogP contribution in [0.25, 0.3) is 0 Å². The van der Waals surface area contributed by atoms with E-state index < -0.39 is 0 Å². The Morgan fingerprint density at radius 2 is 1.88 bits per heavy atom. The number of hydrogen-bond acceptors (Lipinski definition) is 8. The van der Waals surface area contributed by atoms with Gasteiger partial charge < -0.3 is 28.8 Å². The molecule has 1 aliphatic heterocycles. The SMILES string of the molecule is CCCCC.C\C=C(Oc1cccc(OCCO)c1)/C(C#N)=C\C=C\Cn1c(CCN2CCN(c3ccccc3OC)C(=O)C2)cnc1C. The van der Waals surface area contributed by atoms with Crippen molar-refractivity contribution in [3.05, 3.63) is 102 Å². The van der Waals surface area contributed by atoms with Crippen LogP contribution in [-0.2, 0) is 17.8 Å². The molecule has 4 rings (SSSR count). The van der Waals surface area contributed by atoms with Crippen LogP contribution >= 0.6 is 0 Å². The summed E-state index contributed by atoms with van der Waals surface area (Å²) in [5.41, 5.74) is 2.27. The molecule has 1 N–H and O–H groups in total. The predicted molar refractivity (Wildman–Crippen MR) is 194 cm³/mol. The molecule has 0 saturated carbocycles. The second kappa shape index (κ2) is 21.2. The number of hydrogen-bond donors (Lipinski definition) is 1. The average Bonchev–Trinajstić information content (AvgIpc) is 3.48. The van der Waals surface area contributed by atoms with Crippen molar-refractivity contribution in [2.24, 2.45) is 0 Å². The summed E-state index contributed by atoms with van der Waals surface area (Å²) >= 11 is 0. The molecule has 0 radical (unpaired) electrons. The zero-order chi connectivity index (χ0) is 35.4. The fraction of sp³-hybridized carbons (Fsp3) is 0.410. The van der Waals surface area contributed by atoms with Crippen LogP contribution in [0.2, 0.25) is 0 Å². The summed E-state index contributed by atoms with van der Waals surface area (Å²) in [6, 6.07) is 16.9. The smallest absolute Gasteiger partial charge is 0.241 e. The number of anilines is 1. The van der Waals surface area contributed by atoms with E-state index in [-0.39, 0.29) is 19.1 Å². The number of methoxy groups -OCH3 is 1. The van der Waals surface area contributed by atoms with Crippen LogP contribution in [-0.4, -0.2) is 72.0 Å². The van der Waals surface area contributed by atoms with Crippen LogP contribution < -0.4 is 19.1 Å². The third-order valence-electron chi connectivity index (χ3n) is 7.93. The van der Waals surface area contributed by atoms with Gasteiger partial charge in [-0.25, -0.2) is 4.98 Å². The molecule has 2 aromatic carbocycles. The molecular formula is C39H51N5O5. The maximum Gasteiger partial charge on any atom is 0.241 e. The van der Waals surface area contributed by atoms with E-state index in [0.717, 1.165) is 36.7 Å². The fourth-order valence-electron chi connectivity index (χ4n) is 5.30. The molecule has 49 heavy (non-hydrogen) atoms. The number of nitrogens with zero attached hydrogens (tertiary/aromatic N) is 5. The first kappa shape index (κ1) is 38.6. The number of amides is 1. The van der Waals surface area contributed by atoms with Gasteiger partial charge in [0.1, 0.15) is 41.5 Å². The molecule has 0 bridgehead atoms. The predicted octanol–water partition coefficient (Wildman–Crippen LogP) is 6.65. The number of allylic oxidation sites excluding steroid dienone is 5. The second-order valence-corrected chi connectivity index (χ2v) is 11.4. The van der Waals surface area contributed by atoms with Crippen LogP contribution in [0.5, 0.6) is 17.2 Å². The highest BCUT2D eigenvalue weighted by Crippen LogP contribution is 2.29. The van der Waals surface area contributed by atoms with Gasteiger partial charge in [0.05, 0.1) is 31.5 Å². The maximum absolute atomic E-state index is 13.0. The standard InChI is InChI=1S/C34H39N5O5.C5H12/c1-4-32(44-30-12-9-11-29(22-30)43-21-20-40)27(23-35)10-7-8-16-38-26(2)36-24-28(38)15-17-37-18-19-39(34(41)25-37)31-13-5-6-14-33(31)42-3;1-3-5-4-2/h4-14,22,24,40H,15-21,25H2,1-3H3;3-5H2,1-2H3/b8-7+,27-10-,32-4+;. The zero-order valence-electron chi connectivity index (χ0n) is 29.6. The molecule has 0 aliphatic carbocycles. The van der Waals surface area contributed by atoms with Crippen molar-refractivity contribution < 1.29 is 24.1 Å². The molecule has 1 amide bonds. The summed E-state index contributed by atoms with van der Waals surface area (Å²) in [4.78, 5) is 21.5. The van der Waals surface area contributed by atoms with Crippen LogP contribution in [0.1, 0.15) is 51.6 Å². The van der Waals surface area contributed by atoms with E-state index in [1.165, 1.54) is 19.3 Å². The molecule has 10 nitrogen and oxygen atoms in total. The van der Waals surface area contributed by atoms with Crippen LogP contribution in [0, 0.1) is 18.3 Å². The monoisotopic (exact) mass is 669 g/mol. The molecule has 1 saturated heterocycles. The molecule has 262 valence electrons. The van der Waals surface area contributed by atoms with Crippen molar-refractivity contribution >= 4 is 11.6 Å². The minimum absolute atomic E-state index is 0.0562. The van der Waals surface area contributed by atoms with Gasteiger partial charge in [-0.05, 0) is 50.3 Å². The van der Waals surface area contributed by atoms with Crippen molar-refractivity contribution in [3.63, 3.8) is 0 Å². The number of aliphatic hydroxyl groups is 1. The summed E-state index contributed by atoms with van der Waals surface area (Å²) in [5, 5.41) is 18.8. The summed E-state index contributed by atoms with van der Waals surface area (Å²) in [6.45, 7) is 11.4. The summed E-state index contributed by atoms with van der Waals surface area (Å²) in [5.74, 6) is 3.18. The quantitative estimate of drug-likeness (QED) is 0.103. The number of carbonyl (C=O) groups is 1. The highest BCUT2D eigenvalue weighted by atomic mass is 16.5. The normalized spacial score (nSPS) is 14.0. The van der Waals surface area contributed by atoms with E-state index in [2.05, 4.69) is 34.4 Å². The third-order valence-corrected chi connectivity index (χ3v) is 7.93. The molecule has 1 aromatic heterocycles. The van der Waals surface area contributed by atoms with Crippen molar-refractivity contribution in [1.82, 2.24) is 14.5 Å². The molecule has 2 heterocycles. The number of piperazine rings is 1. The van der Waals surface area contributed by atoms with Gasteiger partial charge in [0.2, 0.25) is 5.91 Å². The molecule has 3 aromatic rings. The minimum atomic E-state index is -0.0806. The van der Waals surface area contributed by atoms with Crippen molar-refractivity contribution in [2.45, 2.75) is 59.9 Å². The number of aliphatic hydroxyl groups excluding tert-OH is 1. The molecule has 0 atom stereocenters. The van der Waals surface area contributed by atoms with Crippen LogP contribution in [0.15, 0.2) is 90.4 Å². The van der Waals surface area contributed by atoms with Gasteiger partial charge in [-0.15, -0.1) is 0 Å². The number of carbonyl (C=O) groups excluding carboxylic acids is 1. The largest absolute Gasteiger partial charge is 0.495 e. The van der Waals surface area contributed by atoms with Gasteiger partial charge in [-0.1, -0.05) is 63.5 Å². The zero-order valence-corrected chi connectivity index (χ0v) is 29.6. The summed E-state index contributed by atoms with van der Waals surface area (Å²) < 4.78 is 19.0. The number of ether oxygens (including phenoxy) is 3. The van der Waals surface area contributed by atoms with E-state index in [0.29, 0.717) is 48.2 Å². The van der Waals surface area contributed by atoms with E-state index in [1.807, 2.05) is 56.5 Å². The number of unbranched alkanes of at least 4 members (excludes halogenated alkanes) is 2. The average molecular weight is 670 g/mol. The third kappa shape index (κ3) is 12.0. The van der Waals surface area contributed by atoms with Gasteiger partial charge in [0.25, 0.3) is 0 Å². The van der Waals surface area contributed by atoms with Crippen molar-refractivity contribution in [3.8, 4) is 23.3 Å². The lowest BCUT2D eigenvalue weighted by Gasteiger charge is -2.34. The van der Waals surface area contributed by atoms with E-state index >= 15 is 0 Å². The number of rotatable bonds is 16. The van der Waals surface area contributed by atoms with E-state index in [4.69, 9.17) is 19.3 Å². The highest BCUT2D eigenvalue weighted by molar-refractivity contribution is 5.96. The lowest BCUT2D eigenvalue weighted by molar-refractivity contribution is -0.121. The lowest BCUT2D eigenvalue weighted by atomic mass is 10.2. The molecule has 10 heteroatoms. The number of aromatic nitrogens is 2. The summed E-state index contributed by atoms with van der Waals surface area (Å²) in [6.07, 6.45) is 14.0. The Balaban J connectivity index is 0.00000121. The van der Waals surface area contributed by atoms with E-state index in [1.54, 1.807) is 48.4 Å². The first-order valence-corrected chi connectivity index (χ1v) is 17.0. The summed E-state index contributed by atoms with van der Waals surface area (Å²) in [7, 11) is 1.62. The Bertz CT molecular complexity index is 1600. The number of nitriles is 1. The van der Waals surface area contributed by atoms with Crippen LogP contribution in [0.3, 0.4) is 0 Å². The first-order valence-electron chi connectivity index (χ1n) is 17.0. The van der Waals surface area contributed by atoms with Gasteiger partial charge in [0, 0.05) is 50.6 Å². The van der Waals surface area contributed by atoms with Crippen molar-refractivity contribution in [2.75, 3.05) is 51.4 Å². The lowest BCUT2D eigenvalue weighted by Crippen LogP contribution is -2.51. The van der Waals surface area contributed by atoms with Gasteiger partial charge >= 0.3 is 0 Å². The second-order valence-electron chi connectivity index (χ2n) is 11.4. The molecule has 1 aliphatic rings. The number of para-hydroxylation sites is 2. The maximum atomic E-state index is 13.0. The number of aryl methyl sites for hydroxylation is 1. The highest BCUT2D eigenvalue weighted by Gasteiger charge is 2.26. The van der Waals surface area contributed by atoms with Gasteiger partial charge in [-0.3, -0.25) is 9.69 Å². The Hall–Kier alpha value is -4.85. The molecule has 0 spiro atoms. The Labute approximate surface area is 291 Å². The van der Waals surface area contributed by atoms with Gasteiger partial charge in [0.15, 0.2) is 0 Å². The van der Waals surface area contributed by atoms with Crippen molar-refractivity contribution in [1.29, 1.82) is 5.26 Å². The fourth-order valence-corrected chi connectivity index (χ4v) is 5.30. The Morgan fingerprint density at radius 1 is 1.10 bits per heavy atom. The number of imidazole rings is 1. The van der Waals surface area contributed by atoms with E-state index in [9.17, 15) is 10.1 Å². The Morgan fingerprint density at radius 3 is 2.55 bits per heavy atom. The minimum Gasteiger partial charge on any atom is -0.495 e. The first-order chi connectivity index (χ1) is 23.9. The molecule has 1 fully saturated rings. The Kier molecular flexibility index (Phi) is 16.7.